The van der Waals surface area contributed by atoms with Crippen molar-refractivity contribution in [2.75, 3.05) is 0 Å². The molecular weight excluding hydrogens is 310 g/mol. The Morgan fingerprint density at radius 1 is 0.920 bits per heavy atom. The minimum absolute atomic E-state index is 0.0928. The van der Waals surface area contributed by atoms with Gasteiger partial charge in [-0.05, 0) is 38.8 Å². The summed E-state index contributed by atoms with van der Waals surface area (Å²) >= 11 is 0. The quantitative estimate of drug-likeness (QED) is 0.678. The normalized spacial score (nSPS) is 12.8. The third-order valence-electron chi connectivity index (χ3n) is 3.96. The molecule has 2 aromatic rings. The van der Waals surface area contributed by atoms with Crippen LogP contribution in [0.5, 0.6) is 0 Å². The number of hydrogen-bond acceptors (Lipinski definition) is 3. The Bertz CT molecular complexity index is 605. The number of nitrogens with zero attached hydrogens (tertiary/aromatic N) is 1. The lowest BCUT2D eigenvalue weighted by atomic mass is 10.1. The van der Waals surface area contributed by atoms with E-state index < -0.39 is 5.60 Å². The number of hydrogen-bond donors (Lipinski definition) is 0. The lowest BCUT2D eigenvalue weighted by Gasteiger charge is -2.30. The number of carbonyl (C=O) groups excluding carboxylic acids is 1. The molecule has 0 unspecified atom stereocenters. The van der Waals surface area contributed by atoms with Crippen LogP contribution in [0.4, 0.5) is 0 Å². The van der Waals surface area contributed by atoms with Gasteiger partial charge in [0.25, 0.3) is 0 Å². The van der Waals surface area contributed by atoms with Gasteiger partial charge in [-0.25, -0.2) is 0 Å². The number of ether oxygens (including phenoxy) is 1. The van der Waals surface area contributed by atoms with Gasteiger partial charge >= 0.3 is 5.97 Å². The zero-order valence-corrected chi connectivity index (χ0v) is 15.7. The molecule has 0 N–H and O–H groups in total. The molecule has 3 heteroatoms. The predicted molar refractivity (Wildman–Crippen MR) is 102 cm³/mol. The van der Waals surface area contributed by atoms with Crippen molar-refractivity contribution in [1.82, 2.24) is 4.90 Å². The first kappa shape index (κ1) is 19.2. The van der Waals surface area contributed by atoms with Crippen molar-refractivity contribution in [1.29, 1.82) is 0 Å². The molecule has 0 aromatic heterocycles. The van der Waals surface area contributed by atoms with Crippen LogP contribution >= 0.6 is 0 Å². The van der Waals surface area contributed by atoms with Crippen LogP contribution in [0, 0.1) is 0 Å². The molecule has 2 aromatic carbocycles. The maximum absolute atomic E-state index is 12.2. The topological polar surface area (TPSA) is 29.5 Å². The SMILES string of the molecule is C[C@@H](CC(=O)OC(C)(C)C)N(Cc1ccccc1)Cc1ccccc1. The van der Waals surface area contributed by atoms with Crippen LogP contribution in [0.2, 0.25) is 0 Å². The second-order valence-corrected chi connectivity index (χ2v) is 7.52. The van der Waals surface area contributed by atoms with Crippen molar-refractivity contribution in [2.45, 2.75) is 58.8 Å². The molecule has 0 saturated heterocycles. The molecule has 0 aliphatic rings. The van der Waals surface area contributed by atoms with E-state index in [2.05, 4.69) is 60.4 Å². The maximum atomic E-state index is 12.2. The molecule has 0 saturated carbocycles. The average molecular weight is 339 g/mol. The Morgan fingerprint density at radius 3 is 1.76 bits per heavy atom. The fraction of sp³-hybridized carbons (Fsp3) is 0.409. The summed E-state index contributed by atoms with van der Waals surface area (Å²) in [5.74, 6) is -0.147. The first-order valence-electron chi connectivity index (χ1n) is 8.87. The molecule has 0 spiro atoms. The second kappa shape index (κ2) is 8.82. The van der Waals surface area contributed by atoms with Gasteiger partial charge in [0.1, 0.15) is 5.60 Å². The van der Waals surface area contributed by atoms with Crippen molar-refractivity contribution >= 4 is 5.97 Å². The van der Waals surface area contributed by atoms with Crippen LogP contribution in [0.3, 0.4) is 0 Å². The van der Waals surface area contributed by atoms with Crippen LogP contribution in [0.25, 0.3) is 0 Å². The van der Waals surface area contributed by atoms with Gasteiger partial charge in [-0.3, -0.25) is 9.69 Å². The minimum Gasteiger partial charge on any atom is -0.460 e. The molecule has 0 fully saturated rings. The van der Waals surface area contributed by atoms with E-state index in [9.17, 15) is 4.79 Å². The van der Waals surface area contributed by atoms with Gasteiger partial charge in [-0.1, -0.05) is 60.7 Å². The zero-order chi connectivity index (χ0) is 18.3. The molecule has 0 aliphatic heterocycles. The van der Waals surface area contributed by atoms with Gasteiger partial charge < -0.3 is 4.74 Å². The summed E-state index contributed by atoms with van der Waals surface area (Å²) in [7, 11) is 0. The Kier molecular flexibility index (Phi) is 6.77. The van der Waals surface area contributed by atoms with Crippen LogP contribution in [-0.2, 0) is 22.6 Å². The first-order chi connectivity index (χ1) is 11.8. The zero-order valence-electron chi connectivity index (χ0n) is 15.7. The van der Waals surface area contributed by atoms with E-state index in [-0.39, 0.29) is 12.0 Å². The second-order valence-electron chi connectivity index (χ2n) is 7.52. The van der Waals surface area contributed by atoms with Gasteiger partial charge in [0.05, 0.1) is 6.42 Å². The summed E-state index contributed by atoms with van der Waals surface area (Å²) in [6.45, 7) is 9.42. The van der Waals surface area contributed by atoms with Crippen LogP contribution in [-0.4, -0.2) is 22.5 Å². The Morgan fingerprint density at radius 2 is 1.36 bits per heavy atom. The van der Waals surface area contributed by atoms with Gasteiger partial charge in [0.15, 0.2) is 0 Å². The molecule has 2 rings (SSSR count). The largest absolute Gasteiger partial charge is 0.460 e. The van der Waals surface area contributed by atoms with Gasteiger partial charge in [0.2, 0.25) is 0 Å². The molecule has 0 heterocycles. The van der Waals surface area contributed by atoms with Gasteiger partial charge in [-0.2, -0.15) is 0 Å². The molecular formula is C22H29NO2. The standard InChI is InChI=1S/C22H29NO2/c1-18(15-21(24)25-22(2,3)4)23(16-19-11-7-5-8-12-19)17-20-13-9-6-10-14-20/h5-14,18H,15-17H2,1-4H3/t18-/m0/s1. The summed E-state index contributed by atoms with van der Waals surface area (Å²) in [5.41, 5.74) is 2.05. The van der Waals surface area contributed by atoms with E-state index in [1.54, 1.807) is 0 Å². The number of rotatable bonds is 7. The molecule has 0 bridgehead atoms. The van der Waals surface area contributed by atoms with Gasteiger partial charge in [0, 0.05) is 19.1 Å². The molecule has 0 amide bonds. The lowest BCUT2D eigenvalue weighted by molar-refractivity contribution is -0.156. The van der Waals surface area contributed by atoms with Crippen molar-refractivity contribution in [3.8, 4) is 0 Å². The fourth-order valence-corrected chi connectivity index (χ4v) is 2.76. The monoisotopic (exact) mass is 339 g/mol. The highest BCUT2D eigenvalue weighted by molar-refractivity contribution is 5.70. The van der Waals surface area contributed by atoms with E-state index in [0.717, 1.165) is 13.1 Å². The molecule has 25 heavy (non-hydrogen) atoms. The molecule has 134 valence electrons. The summed E-state index contributed by atoms with van der Waals surface area (Å²) in [4.78, 5) is 14.6. The number of carbonyl (C=O) groups is 1. The molecule has 1 atom stereocenters. The number of esters is 1. The highest BCUT2D eigenvalue weighted by Crippen LogP contribution is 2.17. The Labute approximate surface area is 151 Å². The van der Waals surface area contributed by atoms with Crippen molar-refractivity contribution in [3.05, 3.63) is 71.8 Å². The average Bonchev–Trinajstić information content (AvgIpc) is 2.54. The van der Waals surface area contributed by atoms with E-state index in [1.165, 1.54) is 11.1 Å². The van der Waals surface area contributed by atoms with Crippen LogP contribution in [0.1, 0.15) is 45.2 Å². The van der Waals surface area contributed by atoms with Crippen molar-refractivity contribution < 1.29 is 9.53 Å². The summed E-state index contributed by atoms with van der Waals surface area (Å²) < 4.78 is 5.49. The third-order valence-corrected chi connectivity index (χ3v) is 3.96. The molecule has 3 nitrogen and oxygen atoms in total. The Balaban J connectivity index is 2.08. The highest BCUT2D eigenvalue weighted by Gasteiger charge is 2.22. The highest BCUT2D eigenvalue weighted by atomic mass is 16.6. The Hall–Kier alpha value is -2.13. The third kappa shape index (κ3) is 7.10. The minimum atomic E-state index is -0.444. The fourth-order valence-electron chi connectivity index (χ4n) is 2.76. The number of benzene rings is 2. The van der Waals surface area contributed by atoms with Crippen LogP contribution < -0.4 is 0 Å². The van der Waals surface area contributed by atoms with E-state index >= 15 is 0 Å². The van der Waals surface area contributed by atoms with Crippen molar-refractivity contribution in [2.24, 2.45) is 0 Å². The van der Waals surface area contributed by atoms with Crippen LogP contribution in [0.15, 0.2) is 60.7 Å². The van der Waals surface area contributed by atoms with E-state index in [0.29, 0.717) is 6.42 Å². The van der Waals surface area contributed by atoms with E-state index in [4.69, 9.17) is 4.74 Å². The first-order valence-corrected chi connectivity index (χ1v) is 8.87. The maximum Gasteiger partial charge on any atom is 0.307 e. The molecule has 0 aliphatic carbocycles. The van der Waals surface area contributed by atoms with Crippen molar-refractivity contribution in [3.63, 3.8) is 0 Å². The lowest BCUT2D eigenvalue weighted by Crippen LogP contribution is -2.35. The van der Waals surface area contributed by atoms with E-state index in [1.807, 2.05) is 32.9 Å². The summed E-state index contributed by atoms with van der Waals surface area (Å²) in [6, 6.07) is 20.8. The van der Waals surface area contributed by atoms with Gasteiger partial charge in [-0.15, -0.1) is 0 Å². The predicted octanol–water partition coefficient (Wildman–Crippen LogP) is 4.81. The summed E-state index contributed by atoms with van der Waals surface area (Å²) in [5, 5.41) is 0. The summed E-state index contributed by atoms with van der Waals surface area (Å²) in [6.07, 6.45) is 0.386. The smallest absolute Gasteiger partial charge is 0.307 e. The molecule has 0 radical (unpaired) electrons.